The highest BCUT2D eigenvalue weighted by Crippen LogP contribution is 2.22. The topological polar surface area (TPSA) is 20.2 Å². The molecule has 0 radical (unpaired) electrons. The van der Waals surface area contributed by atoms with Gasteiger partial charge in [-0.15, -0.1) is 0 Å². The minimum atomic E-state index is 0.350. The lowest BCUT2D eigenvalue weighted by atomic mass is 9.88. The predicted molar refractivity (Wildman–Crippen MR) is 45.6 cm³/mol. The van der Waals surface area contributed by atoms with Crippen LogP contribution >= 0.6 is 0 Å². The molecule has 54 valence electrons. The van der Waals surface area contributed by atoms with Crippen molar-refractivity contribution in [2.24, 2.45) is 0 Å². The second-order valence-corrected chi connectivity index (χ2v) is 2.50. The average molecular weight is 143 g/mol. The molecule has 1 heteroatoms. The Morgan fingerprint density at radius 1 is 0.818 bits per heavy atom. The lowest BCUT2D eigenvalue weighted by Crippen LogP contribution is -1.70. The molecule has 1 nitrogen and oxygen atoms in total. The van der Waals surface area contributed by atoms with Crippen molar-refractivity contribution in [1.29, 1.82) is 0 Å². The molecule has 0 aliphatic heterocycles. The monoisotopic (exact) mass is 143 g/mol. The summed E-state index contributed by atoms with van der Waals surface area (Å²) in [6.07, 6.45) is 0. The van der Waals surface area contributed by atoms with Crippen LogP contribution < -0.4 is 0 Å². The smallest absolute Gasteiger partial charge is 0.123 e. The minimum Gasteiger partial charge on any atom is -0.507 e. The summed E-state index contributed by atoms with van der Waals surface area (Å²) in [6, 6.07) is 13.3. The molecule has 0 amide bonds. The van der Waals surface area contributed by atoms with Crippen LogP contribution in [0.3, 0.4) is 0 Å². The minimum absolute atomic E-state index is 0.350. The first-order valence-corrected chi connectivity index (χ1v) is 3.54. The zero-order valence-corrected chi connectivity index (χ0v) is 5.99. The fourth-order valence-electron chi connectivity index (χ4n) is 1.21. The summed E-state index contributed by atoms with van der Waals surface area (Å²) in [7, 11) is 0. The van der Waals surface area contributed by atoms with E-state index >= 15 is 0 Å². The molecule has 0 saturated heterocycles. The van der Waals surface area contributed by atoms with Crippen molar-refractivity contribution in [2.45, 2.75) is 0 Å². The SMILES string of the molecule is O[11c]1cccc2ccccc21. The fraction of sp³-hybridized carbons (Fsp3) is 0. The van der Waals surface area contributed by atoms with E-state index in [4.69, 9.17) is 0 Å². The summed E-state index contributed by atoms with van der Waals surface area (Å²) in [4.78, 5) is 0. The fourth-order valence-corrected chi connectivity index (χ4v) is 1.21. The van der Waals surface area contributed by atoms with Gasteiger partial charge >= 0.3 is 0 Å². The Balaban J connectivity index is 2.91. The van der Waals surface area contributed by atoms with Crippen molar-refractivity contribution in [3.05, 3.63) is 42.5 Å². The number of benzene rings is 2. The predicted octanol–water partition coefficient (Wildman–Crippen LogP) is 2.55. The molecule has 0 fully saturated rings. The Labute approximate surface area is 64.9 Å². The van der Waals surface area contributed by atoms with E-state index < -0.39 is 0 Å². The van der Waals surface area contributed by atoms with E-state index in [9.17, 15) is 5.11 Å². The maximum atomic E-state index is 9.37. The number of rotatable bonds is 0. The first kappa shape index (κ1) is 6.23. The summed E-state index contributed by atoms with van der Waals surface area (Å²) < 4.78 is 0. The van der Waals surface area contributed by atoms with Gasteiger partial charge in [0, 0.05) is 5.39 Å². The Hall–Kier alpha value is -1.50. The normalized spacial score (nSPS) is 10.2. The van der Waals surface area contributed by atoms with Crippen LogP contribution in [0.2, 0.25) is 0 Å². The Kier molecular flexibility index (Phi) is 1.29. The van der Waals surface area contributed by atoms with Gasteiger partial charge in [-0.1, -0.05) is 36.4 Å². The van der Waals surface area contributed by atoms with Crippen molar-refractivity contribution in [3.63, 3.8) is 0 Å². The van der Waals surface area contributed by atoms with Crippen molar-refractivity contribution < 1.29 is 5.11 Å². The molecule has 2 aromatic rings. The molecule has 2 rings (SSSR count). The average Bonchev–Trinajstić information content (AvgIpc) is 2.06. The maximum absolute atomic E-state index is 9.37. The van der Waals surface area contributed by atoms with Gasteiger partial charge in [-0.25, -0.2) is 0 Å². The zero-order chi connectivity index (χ0) is 7.68. The second kappa shape index (κ2) is 2.27. The van der Waals surface area contributed by atoms with Crippen LogP contribution in [0.1, 0.15) is 0 Å². The Bertz CT molecular complexity index is 374. The number of fused-ring (bicyclic) bond motifs is 1. The number of phenols is 1. The van der Waals surface area contributed by atoms with Gasteiger partial charge in [0.2, 0.25) is 0 Å². The highest BCUT2D eigenvalue weighted by molar-refractivity contribution is 5.87. The van der Waals surface area contributed by atoms with Gasteiger partial charge in [-0.2, -0.15) is 0 Å². The summed E-state index contributed by atoms with van der Waals surface area (Å²) in [5.74, 6) is 0.350. The molecular weight excluding hydrogens is 135 g/mol. The molecule has 0 bridgehead atoms. The third-order valence-electron chi connectivity index (χ3n) is 1.77. The molecule has 0 spiro atoms. The van der Waals surface area contributed by atoms with Crippen molar-refractivity contribution in [3.8, 4) is 5.75 Å². The van der Waals surface area contributed by atoms with Crippen LogP contribution in [0.4, 0.5) is 0 Å². The Morgan fingerprint density at radius 3 is 2.36 bits per heavy atom. The first-order chi connectivity index (χ1) is 5.38. The molecule has 0 atom stereocenters. The summed E-state index contributed by atoms with van der Waals surface area (Å²) in [5, 5.41) is 11.4. The molecule has 0 aliphatic rings. The van der Waals surface area contributed by atoms with Crippen LogP contribution in [-0.2, 0) is 0 Å². The van der Waals surface area contributed by atoms with Crippen LogP contribution in [-0.4, -0.2) is 5.11 Å². The van der Waals surface area contributed by atoms with Crippen molar-refractivity contribution in [1.82, 2.24) is 0 Å². The van der Waals surface area contributed by atoms with E-state index in [1.54, 1.807) is 6.07 Å². The van der Waals surface area contributed by atoms with Crippen molar-refractivity contribution >= 4 is 10.8 Å². The van der Waals surface area contributed by atoms with Gasteiger partial charge in [0.15, 0.2) is 0 Å². The number of phenolic OH excluding ortho intramolecular Hbond substituents is 1. The zero-order valence-electron chi connectivity index (χ0n) is 5.99. The highest BCUT2D eigenvalue weighted by atomic mass is 16.2. The van der Waals surface area contributed by atoms with Crippen LogP contribution in [0, 0.1) is 0 Å². The summed E-state index contributed by atoms with van der Waals surface area (Å²) in [6.45, 7) is 0. The standard InChI is InChI=1S/C10H8O/c11-10-7-3-5-8-4-1-2-6-9(8)10/h1-7,11H/i10-1. The van der Waals surface area contributed by atoms with Gasteiger partial charge in [-0.3, -0.25) is 0 Å². The quantitative estimate of drug-likeness (QED) is 0.600. The van der Waals surface area contributed by atoms with Crippen LogP contribution in [0.15, 0.2) is 42.5 Å². The Morgan fingerprint density at radius 2 is 1.55 bits per heavy atom. The largest absolute Gasteiger partial charge is 0.507 e. The van der Waals surface area contributed by atoms with Crippen LogP contribution in [0.5, 0.6) is 5.75 Å². The molecule has 0 saturated carbocycles. The molecule has 1 N–H and O–H groups in total. The molecule has 0 aliphatic carbocycles. The molecule has 0 aromatic heterocycles. The molecular formula is C10H8O. The van der Waals surface area contributed by atoms with Gasteiger partial charge in [0.05, 0.1) is 0 Å². The lowest BCUT2D eigenvalue weighted by Gasteiger charge is -1.97. The lowest BCUT2D eigenvalue weighted by molar-refractivity contribution is 0.481. The van der Waals surface area contributed by atoms with E-state index in [2.05, 4.69) is 0 Å². The summed E-state index contributed by atoms with van der Waals surface area (Å²) in [5.41, 5.74) is 0. The first-order valence-electron chi connectivity index (χ1n) is 3.54. The van der Waals surface area contributed by atoms with Gasteiger partial charge in [-0.05, 0) is 11.5 Å². The van der Waals surface area contributed by atoms with Gasteiger partial charge < -0.3 is 5.11 Å². The molecule has 0 unspecified atom stereocenters. The van der Waals surface area contributed by atoms with Crippen LogP contribution in [0.25, 0.3) is 10.8 Å². The molecule has 2 aromatic carbocycles. The van der Waals surface area contributed by atoms with Crippen molar-refractivity contribution in [2.75, 3.05) is 0 Å². The maximum Gasteiger partial charge on any atom is 0.123 e. The van der Waals surface area contributed by atoms with E-state index in [0.29, 0.717) is 5.75 Å². The molecule has 0 heterocycles. The van der Waals surface area contributed by atoms with E-state index in [1.165, 1.54) is 0 Å². The third kappa shape index (κ3) is 0.944. The number of hydrogen-bond donors (Lipinski definition) is 1. The third-order valence-corrected chi connectivity index (χ3v) is 1.77. The van der Waals surface area contributed by atoms with E-state index in [-0.39, 0.29) is 0 Å². The second-order valence-electron chi connectivity index (χ2n) is 2.50. The van der Waals surface area contributed by atoms with Gasteiger partial charge in [0.25, 0.3) is 0 Å². The summed E-state index contributed by atoms with van der Waals surface area (Å²) >= 11 is 0. The number of hydrogen-bond acceptors (Lipinski definition) is 1. The number of aromatic hydroxyl groups is 1. The van der Waals surface area contributed by atoms with E-state index in [1.807, 2.05) is 36.4 Å². The van der Waals surface area contributed by atoms with E-state index in [0.717, 1.165) is 10.8 Å². The molecule has 11 heavy (non-hydrogen) atoms. The highest BCUT2D eigenvalue weighted by Gasteiger charge is 1.94. The van der Waals surface area contributed by atoms with Gasteiger partial charge in [0.1, 0.15) is 5.75 Å².